The van der Waals surface area contributed by atoms with E-state index in [0.29, 0.717) is 0 Å². The summed E-state index contributed by atoms with van der Waals surface area (Å²) in [5, 5.41) is 10.7. The molecule has 3 heteroatoms. The Morgan fingerprint density at radius 1 is 0.367 bits per heavy atom. The van der Waals surface area contributed by atoms with Crippen molar-refractivity contribution >= 4 is 86.0 Å². The molecule has 11 aromatic rings. The van der Waals surface area contributed by atoms with Crippen LogP contribution in [0.1, 0.15) is 0 Å². The molecule has 0 aliphatic rings. The number of thiophene rings is 1. The van der Waals surface area contributed by atoms with Gasteiger partial charge in [0.25, 0.3) is 0 Å². The number of rotatable bonds is 3. The van der Waals surface area contributed by atoms with Crippen LogP contribution in [0.5, 0.6) is 0 Å². The Balaban J connectivity index is 1.17. The molecule has 0 saturated carbocycles. The number of hydrogen-bond donors (Lipinski definition) is 0. The third-order valence-electron chi connectivity index (χ3n) is 10.1. The lowest BCUT2D eigenvalue weighted by Gasteiger charge is -2.18. The lowest BCUT2D eigenvalue weighted by atomic mass is 9.85. The Hall–Kier alpha value is -6.16. The highest BCUT2D eigenvalue weighted by molar-refractivity contribution is 7.25. The van der Waals surface area contributed by atoms with Gasteiger partial charge in [0.05, 0.1) is 0 Å². The summed E-state index contributed by atoms with van der Waals surface area (Å²) in [4.78, 5) is 0. The first-order chi connectivity index (χ1) is 24.3. The van der Waals surface area contributed by atoms with Crippen molar-refractivity contribution < 1.29 is 8.83 Å². The van der Waals surface area contributed by atoms with Crippen molar-refractivity contribution in [3.8, 4) is 33.6 Å². The Labute approximate surface area is 285 Å². The highest BCUT2D eigenvalue weighted by Gasteiger charge is 2.21. The first-order valence-electron chi connectivity index (χ1n) is 16.6. The molecule has 0 aliphatic carbocycles. The second kappa shape index (κ2) is 10.2. The van der Waals surface area contributed by atoms with Gasteiger partial charge in [0, 0.05) is 53.0 Å². The molecule has 228 valence electrons. The number of para-hydroxylation sites is 1. The maximum Gasteiger partial charge on any atom is 0.143 e. The third-order valence-corrected chi connectivity index (χ3v) is 11.2. The Bertz CT molecular complexity index is 3050. The highest BCUT2D eigenvalue weighted by atomic mass is 32.1. The molecule has 11 rings (SSSR count). The predicted octanol–water partition coefficient (Wildman–Crippen LogP) is 14.0. The first-order valence-corrected chi connectivity index (χ1v) is 17.4. The molecule has 3 heterocycles. The average Bonchev–Trinajstić information content (AvgIpc) is 3.86. The van der Waals surface area contributed by atoms with Crippen LogP contribution >= 0.6 is 11.3 Å². The number of hydrogen-bond acceptors (Lipinski definition) is 3. The van der Waals surface area contributed by atoms with Crippen molar-refractivity contribution in [3.63, 3.8) is 0 Å². The van der Waals surface area contributed by atoms with Gasteiger partial charge in [-0.25, -0.2) is 0 Å². The van der Waals surface area contributed by atoms with Crippen LogP contribution in [0.3, 0.4) is 0 Å². The van der Waals surface area contributed by atoms with E-state index in [9.17, 15) is 0 Å². The van der Waals surface area contributed by atoms with Crippen LogP contribution in [0.25, 0.3) is 108 Å². The molecule has 0 fully saturated rings. The molecule has 0 saturated heterocycles. The molecule has 0 bridgehead atoms. The molecular weight excluding hydrogens is 617 g/mol. The van der Waals surface area contributed by atoms with Gasteiger partial charge in [0.15, 0.2) is 0 Å². The molecule has 0 radical (unpaired) electrons. The quantitative estimate of drug-likeness (QED) is 0.179. The molecule has 3 aromatic heterocycles. The van der Waals surface area contributed by atoms with Gasteiger partial charge in [0.2, 0.25) is 0 Å². The zero-order valence-electron chi connectivity index (χ0n) is 26.2. The Morgan fingerprint density at radius 3 is 1.80 bits per heavy atom. The van der Waals surface area contributed by atoms with E-state index in [4.69, 9.17) is 8.83 Å². The minimum atomic E-state index is 0.857. The summed E-state index contributed by atoms with van der Waals surface area (Å²) in [5.74, 6) is 0.859. The molecule has 49 heavy (non-hydrogen) atoms. The zero-order valence-corrected chi connectivity index (χ0v) is 27.1. The predicted molar refractivity (Wildman–Crippen MR) is 208 cm³/mol. The van der Waals surface area contributed by atoms with Crippen molar-refractivity contribution in [2.75, 3.05) is 0 Å². The van der Waals surface area contributed by atoms with E-state index >= 15 is 0 Å². The highest BCUT2D eigenvalue weighted by Crippen LogP contribution is 2.48. The maximum absolute atomic E-state index is 6.81. The first kappa shape index (κ1) is 26.9. The summed E-state index contributed by atoms with van der Waals surface area (Å²) in [6.45, 7) is 0. The van der Waals surface area contributed by atoms with E-state index < -0.39 is 0 Å². The van der Waals surface area contributed by atoms with Crippen LogP contribution < -0.4 is 0 Å². The van der Waals surface area contributed by atoms with Gasteiger partial charge in [-0.3, -0.25) is 0 Å². The van der Waals surface area contributed by atoms with E-state index in [2.05, 4.69) is 140 Å². The van der Waals surface area contributed by atoms with Crippen molar-refractivity contribution in [1.82, 2.24) is 0 Å². The fraction of sp³-hybridized carbons (Fsp3) is 0. The number of furan rings is 2. The van der Waals surface area contributed by atoms with Crippen molar-refractivity contribution in [1.29, 1.82) is 0 Å². The molecule has 0 atom stereocenters. The summed E-state index contributed by atoms with van der Waals surface area (Å²) in [6.07, 6.45) is 0. The second-order valence-corrected chi connectivity index (χ2v) is 13.9. The average molecular weight is 643 g/mol. The van der Waals surface area contributed by atoms with E-state index in [-0.39, 0.29) is 0 Å². The molecule has 0 spiro atoms. The lowest BCUT2D eigenvalue weighted by molar-refractivity contribution is 0.631. The lowest BCUT2D eigenvalue weighted by Crippen LogP contribution is -1.91. The molecule has 0 N–H and O–H groups in total. The zero-order chi connectivity index (χ0) is 32.1. The van der Waals surface area contributed by atoms with Crippen molar-refractivity contribution in [2.24, 2.45) is 0 Å². The van der Waals surface area contributed by atoms with Crippen molar-refractivity contribution in [3.05, 3.63) is 158 Å². The number of fused-ring (bicyclic) bond motifs is 9. The third kappa shape index (κ3) is 3.94. The monoisotopic (exact) mass is 642 g/mol. The minimum Gasteiger partial charge on any atom is -0.456 e. The van der Waals surface area contributed by atoms with Gasteiger partial charge in [-0.1, -0.05) is 121 Å². The van der Waals surface area contributed by atoms with Crippen molar-refractivity contribution in [2.45, 2.75) is 0 Å². The van der Waals surface area contributed by atoms with Gasteiger partial charge >= 0.3 is 0 Å². The van der Waals surface area contributed by atoms with Crippen LogP contribution in [0.15, 0.2) is 167 Å². The van der Waals surface area contributed by atoms with Gasteiger partial charge < -0.3 is 8.83 Å². The van der Waals surface area contributed by atoms with Crippen LogP contribution in [0.4, 0.5) is 0 Å². The number of benzene rings is 8. The molecule has 0 aliphatic heterocycles. The van der Waals surface area contributed by atoms with Crippen LogP contribution in [-0.2, 0) is 0 Å². The summed E-state index contributed by atoms with van der Waals surface area (Å²) >= 11 is 1.86. The maximum atomic E-state index is 6.81. The molecule has 0 amide bonds. The van der Waals surface area contributed by atoms with E-state index in [0.717, 1.165) is 49.8 Å². The topological polar surface area (TPSA) is 26.3 Å². The van der Waals surface area contributed by atoms with E-state index in [1.54, 1.807) is 0 Å². The van der Waals surface area contributed by atoms with Gasteiger partial charge in [-0.2, -0.15) is 0 Å². The minimum absolute atomic E-state index is 0.857. The normalized spacial score (nSPS) is 12.1. The van der Waals surface area contributed by atoms with Gasteiger partial charge in [0.1, 0.15) is 22.5 Å². The fourth-order valence-electron chi connectivity index (χ4n) is 7.88. The van der Waals surface area contributed by atoms with Gasteiger partial charge in [-0.15, -0.1) is 11.3 Å². The molecule has 0 unspecified atom stereocenters. The summed E-state index contributed by atoms with van der Waals surface area (Å²) in [6, 6.07) is 56.5. The molecule has 8 aromatic carbocycles. The van der Waals surface area contributed by atoms with Crippen LogP contribution in [0.2, 0.25) is 0 Å². The smallest absolute Gasteiger partial charge is 0.143 e. The van der Waals surface area contributed by atoms with Crippen LogP contribution in [-0.4, -0.2) is 0 Å². The SMILES string of the molecule is c1ccc(-c2cc3cc4oc5c(-c6c7ccccc7c(-c7ccc8sc9ccccc9c8c7)c7ccccc67)cccc5c4cc3o2)cc1. The second-order valence-electron chi connectivity index (χ2n) is 12.8. The largest absolute Gasteiger partial charge is 0.456 e. The standard InChI is InChI=1S/C46H26O2S/c1-2-11-27(12-3-1)39-24-29-25-41-37(26-40(29)47-39)35-18-10-19-36(46(35)48-41)45-33-16-6-4-14-31(33)44(32-15-5-7-17-34(32)45)28-21-22-43-38(23-28)30-13-8-9-20-42(30)49-43/h1-26H. The van der Waals surface area contributed by atoms with Gasteiger partial charge in [-0.05, 0) is 69.1 Å². The van der Waals surface area contributed by atoms with E-state index in [1.807, 2.05) is 29.5 Å². The molecule has 2 nitrogen and oxygen atoms in total. The Morgan fingerprint density at radius 2 is 1.02 bits per heavy atom. The van der Waals surface area contributed by atoms with Crippen LogP contribution in [0, 0.1) is 0 Å². The Kier molecular flexibility index (Phi) is 5.57. The van der Waals surface area contributed by atoms with E-state index in [1.165, 1.54) is 58.4 Å². The summed E-state index contributed by atoms with van der Waals surface area (Å²) in [5.41, 5.74) is 8.45. The summed E-state index contributed by atoms with van der Waals surface area (Å²) in [7, 11) is 0. The summed E-state index contributed by atoms with van der Waals surface area (Å²) < 4.78 is 15.8. The fourth-order valence-corrected chi connectivity index (χ4v) is 8.97. The molecular formula is C46H26O2S.